The number of carbonyl (C=O) groups is 1. The fraction of sp³-hybridized carbons (Fsp3) is 0.500. The van der Waals surface area contributed by atoms with Crippen molar-refractivity contribution in [1.29, 1.82) is 0 Å². The second kappa shape index (κ2) is 6.60. The van der Waals surface area contributed by atoms with Crippen LogP contribution >= 0.6 is 23.2 Å². The molecule has 3 nitrogen and oxygen atoms in total. The lowest BCUT2D eigenvalue weighted by Gasteiger charge is -2.30. The largest absolute Gasteiger partial charge is 0.341 e. The zero-order valence-corrected chi connectivity index (χ0v) is 13.1. The Hall–Kier alpha value is -0.770. The highest BCUT2D eigenvalue weighted by atomic mass is 35.5. The van der Waals surface area contributed by atoms with E-state index in [2.05, 4.69) is 0 Å². The van der Waals surface area contributed by atoms with Gasteiger partial charge in [-0.2, -0.15) is 0 Å². The highest BCUT2D eigenvalue weighted by Gasteiger charge is 2.32. The van der Waals surface area contributed by atoms with E-state index in [1.54, 1.807) is 24.1 Å². The Balaban J connectivity index is 2.81. The molecule has 0 saturated heterocycles. The molecule has 0 spiro atoms. The van der Waals surface area contributed by atoms with Crippen LogP contribution in [0.3, 0.4) is 0 Å². The van der Waals surface area contributed by atoms with E-state index in [1.807, 2.05) is 19.9 Å². The highest BCUT2D eigenvalue weighted by molar-refractivity contribution is 6.42. The number of amides is 1. The standard InChI is InChI=1S/C14H20Cl2N2O/c1-4-14(2,9-17)13(19)18(3)8-10-5-6-11(15)12(16)7-10/h5-7H,4,8-9,17H2,1-3H3. The van der Waals surface area contributed by atoms with Crippen molar-refractivity contribution in [3.05, 3.63) is 33.8 Å². The van der Waals surface area contributed by atoms with Crippen LogP contribution in [-0.2, 0) is 11.3 Å². The van der Waals surface area contributed by atoms with Gasteiger partial charge in [-0.1, -0.05) is 36.2 Å². The van der Waals surface area contributed by atoms with Crippen molar-refractivity contribution in [1.82, 2.24) is 4.90 Å². The summed E-state index contributed by atoms with van der Waals surface area (Å²) >= 11 is 11.8. The molecule has 1 unspecified atom stereocenters. The highest BCUT2D eigenvalue weighted by Crippen LogP contribution is 2.25. The third-order valence-electron chi connectivity index (χ3n) is 3.50. The first-order valence-corrected chi connectivity index (χ1v) is 6.99. The average molecular weight is 303 g/mol. The zero-order valence-electron chi connectivity index (χ0n) is 11.5. The maximum absolute atomic E-state index is 12.4. The molecule has 0 bridgehead atoms. The van der Waals surface area contributed by atoms with E-state index < -0.39 is 5.41 Å². The number of nitrogens with zero attached hydrogens (tertiary/aromatic N) is 1. The lowest BCUT2D eigenvalue weighted by molar-refractivity contribution is -0.140. The fourth-order valence-corrected chi connectivity index (χ4v) is 2.15. The predicted octanol–water partition coefficient (Wildman–Crippen LogP) is 3.33. The van der Waals surface area contributed by atoms with E-state index >= 15 is 0 Å². The van der Waals surface area contributed by atoms with Crippen LogP contribution in [0, 0.1) is 5.41 Å². The molecule has 19 heavy (non-hydrogen) atoms. The van der Waals surface area contributed by atoms with Crippen molar-refractivity contribution in [2.45, 2.75) is 26.8 Å². The molecule has 0 heterocycles. The van der Waals surface area contributed by atoms with Gasteiger partial charge in [0.05, 0.1) is 15.5 Å². The minimum atomic E-state index is -0.509. The SMILES string of the molecule is CCC(C)(CN)C(=O)N(C)Cc1ccc(Cl)c(Cl)c1. The average Bonchev–Trinajstić information content (AvgIpc) is 2.41. The Morgan fingerprint density at radius 3 is 2.47 bits per heavy atom. The number of halogens is 2. The molecule has 1 atom stereocenters. The summed E-state index contributed by atoms with van der Waals surface area (Å²) in [5, 5.41) is 1.01. The van der Waals surface area contributed by atoms with Crippen LogP contribution in [-0.4, -0.2) is 24.4 Å². The molecular weight excluding hydrogens is 283 g/mol. The summed E-state index contributed by atoms with van der Waals surface area (Å²) in [6.07, 6.45) is 0.716. The van der Waals surface area contributed by atoms with Crippen molar-refractivity contribution in [2.24, 2.45) is 11.1 Å². The van der Waals surface area contributed by atoms with Gasteiger partial charge in [0.25, 0.3) is 0 Å². The zero-order chi connectivity index (χ0) is 14.6. The minimum Gasteiger partial charge on any atom is -0.341 e. The Labute approximate surface area is 124 Å². The summed E-state index contributed by atoms with van der Waals surface area (Å²) in [4.78, 5) is 14.0. The fourth-order valence-electron chi connectivity index (χ4n) is 1.83. The van der Waals surface area contributed by atoms with E-state index in [1.165, 1.54) is 0 Å². The van der Waals surface area contributed by atoms with Crippen molar-refractivity contribution < 1.29 is 4.79 Å². The summed E-state index contributed by atoms with van der Waals surface area (Å²) < 4.78 is 0. The summed E-state index contributed by atoms with van der Waals surface area (Å²) in [7, 11) is 1.77. The summed E-state index contributed by atoms with van der Waals surface area (Å²) in [5.41, 5.74) is 6.14. The lowest BCUT2D eigenvalue weighted by Crippen LogP contribution is -2.44. The maximum atomic E-state index is 12.4. The molecular formula is C14H20Cl2N2O. The van der Waals surface area contributed by atoms with E-state index in [0.717, 1.165) is 5.56 Å². The lowest BCUT2D eigenvalue weighted by atomic mass is 9.86. The number of nitrogens with two attached hydrogens (primary N) is 1. The topological polar surface area (TPSA) is 46.3 Å². The van der Waals surface area contributed by atoms with Crippen molar-refractivity contribution in [3.8, 4) is 0 Å². The summed E-state index contributed by atoms with van der Waals surface area (Å²) in [6.45, 7) is 4.69. The van der Waals surface area contributed by atoms with E-state index in [9.17, 15) is 4.79 Å². The van der Waals surface area contributed by atoms with Crippen molar-refractivity contribution in [3.63, 3.8) is 0 Å². The van der Waals surface area contributed by atoms with Gasteiger partial charge in [-0.25, -0.2) is 0 Å². The molecule has 1 aromatic carbocycles. The van der Waals surface area contributed by atoms with Gasteiger partial charge in [0, 0.05) is 20.1 Å². The van der Waals surface area contributed by atoms with Crippen LogP contribution in [0.1, 0.15) is 25.8 Å². The molecule has 0 aliphatic heterocycles. The molecule has 2 N–H and O–H groups in total. The van der Waals surface area contributed by atoms with Gasteiger partial charge in [-0.3, -0.25) is 4.79 Å². The number of rotatable bonds is 5. The monoisotopic (exact) mass is 302 g/mol. The van der Waals surface area contributed by atoms with Gasteiger partial charge >= 0.3 is 0 Å². The van der Waals surface area contributed by atoms with E-state index in [4.69, 9.17) is 28.9 Å². The Morgan fingerprint density at radius 2 is 2.00 bits per heavy atom. The van der Waals surface area contributed by atoms with Gasteiger partial charge in [0.2, 0.25) is 5.91 Å². The molecule has 0 aliphatic rings. The predicted molar refractivity (Wildman–Crippen MR) is 80.4 cm³/mol. The molecule has 0 radical (unpaired) electrons. The number of hydrogen-bond acceptors (Lipinski definition) is 2. The number of hydrogen-bond donors (Lipinski definition) is 1. The summed E-state index contributed by atoms with van der Waals surface area (Å²) in [6, 6.07) is 5.38. The van der Waals surface area contributed by atoms with Crippen molar-refractivity contribution in [2.75, 3.05) is 13.6 Å². The van der Waals surface area contributed by atoms with E-state index in [0.29, 0.717) is 29.6 Å². The Bertz CT molecular complexity index is 459. The molecule has 1 amide bonds. The Kier molecular flexibility index (Phi) is 5.65. The third kappa shape index (κ3) is 3.85. The van der Waals surface area contributed by atoms with E-state index in [-0.39, 0.29) is 5.91 Å². The smallest absolute Gasteiger partial charge is 0.229 e. The molecule has 1 aromatic rings. The molecule has 0 aliphatic carbocycles. The van der Waals surface area contributed by atoms with Gasteiger partial charge in [-0.15, -0.1) is 0 Å². The molecule has 0 aromatic heterocycles. The summed E-state index contributed by atoms with van der Waals surface area (Å²) in [5.74, 6) is 0.0450. The first-order chi connectivity index (χ1) is 8.84. The third-order valence-corrected chi connectivity index (χ3v) is 4.24. The molecule has 5 heteroatoms. The second-order valence-electron chi connectivity index (χ2n) is 5.03. The molecule has 1 rings (SSSR count). The van der Waals surface area contributed by atoms with Crippen LogP contribution in [0.2, 0.25) is 10.0 Å². The Morgan fingerprint density at radius 1 is 1.37 bits per heavy atom. The number of carbonyl (C=O) groups excluding carboxylic acids is 1. The van der Waals surface area contributed by atoms with Crippen LogP contribution < -0.4 is 5.73 Å². The van der Waals surface area contributed by atoms with Gasteiger partial charge < -0.3 is 10.6 Å². The number of benzene rings is 1. The quantitative estimate of drug-likeness (QED) is 0.907. The molecule has 106 valence electrons. The molecule has 0 fully saturated rings. The first-order valence-electron chi connectivity index (χ1n) is 6.23. The van der Waals surface area contributed by atoms with Crippen LogP contribution in [0.15, 0.2) is 18.2 Å². The first kappa shape index (κ1) is 16.3. The normalized spacial score (nSPS) is 14.0. The van der Waals surface area contributed by atoms with Gasteiger partial charge in [-0.05, 0) is 31.0 Å². The van der Waals surface area contributed by atoms with Gasteiger partial charge in [0.15, 0.2) is 0 Å². The maximum Gasteiger partial charge on any atom is 0.229 e. The van der Waals surface area contributed by atoms with Crippen LogP contribution in [0.25, 0.3) is 0 Å². The van der Waals surface area contributed by atoms with Crippen LogP contribution in [0.5, 0.6) is 0 Å². The van der Waals surface area contributed by atoms with Gasteiger partial charge in [0.1, 0.15) is 0 Å². The second-order valence-corrected chi connectivity index (χ2v) is 5.84. The molecule has 0 saturated carbocycles. The van der Waals surface area contributed by atoms with Crippen LogP contribution in [0.4, 0.5) is 0 Å². The minimum absolute atomic E-state index is 0.0450. The van der Waals surface area contributed by atoms with Crippen molar-refractivity contribution >= 4 is 29.1 Å².